The number of hydrogen-bond acceptors (Lipinski definition) is 5. The summed E-state index contributed by atoms with van der Waals surface area (Å²) in [6.45, 7) is 7.47. The third-order valence-electron chi connectivity index (χ3n) is 4.42. The van der Waals surface area contributed by atoms with E-state index in [1.807, 2.05) is 17.9 Å². The van der Waals surface area contributed by atoms with Crippen LogP contribution in [0.5, 0.6) is 5.75 Å². The SMILES string of the molecule is Cc1nc([C@H]2CCCN(C(=O)[C@H](C)Oc3cccnc3)C2)sc1C. The minimum Gasteiger partial charge on any atom is -0.479 e. The van der Waals surface area contributed by atoms with Crippen molar-refractivity contribution in [3.05, 3.63) is 40.1 Å². The van der Waals surface area contributed by atoms with E-state index in [2.05, 4.69) is 16.9 Å². The summed E-state index contributed by atoms with van der Waals surface area (Å²) in [6.07, 6.45) is 4.91. The molecule has 0 N–H and O–H groups in total. The fraction of sp³-hybridized carbons (Fsp3) is 0.500. The van der Waals surface area contributed by atoms with Crippen LogP contribution in [0.25, 0.3) is 0 Å². The second-order valence-electron chi connectivity index (χ2n) is 6.27. The zero-order chi connectivity index (χ0) is 17.1. The van der Waals surface area contributed by atoms with Crippen LogP contribution in [0.4, 0.5) is 0 Å². The van der Waals surface area contributed by atoms with Gasteiger partial charge in [0, 0.05) is 30.1 Å². The van der Waals surface area contributed by atoms with Crippen LogP contribution in [-0.2, 0) is 4.79 Å². The largest absolute Gasteiger partial charge is 0.479 e. The Labute approximate surface area is 146 Å². The van der Waals surface area contributed by atoms with Crippen molar-refractivity contribution in [2.24, 2.45) is 0 Å². The number of amides is 1. The molecule has 2 aromatic rings. The Morgan fingerprint density at radius 2 is 2.29 bits per heavy atom. The molecule has 128 valence electrons. The lowest BCUT2D eigenvalue weighted by molar-refractivity contribution is -0.139. The number of likely N-dealkylation sites (tertiary alicyclic amines) is 1. The van der Waals surface area contributed by atoms with Gasteiger partial charge in [0.1, 0.15) is 5.75 Å². The maximum Gasteiger partial charge on any atom is 0.263 e. The van der Waals surface area contributed by atoms with E-state index in [0.717, 1.165) is 36.6 Å². The highest BCUT2D eigenvalue weighted by Crippen LogP contribution is 2.31. The predicted molar refractivity (Wildman–Crippen MR) is 94.5 cm³/mol. The number of hydrogen-bond donors (Lipinski definition) is 0. The second kappa shape index (κ2) is 7.30. The van der Waals surface area contributed by atoms with E-state index in [-0.39, 0.29) is 5.91 Å². The van der Waals surface area contributed by atoms with Crippen LogP contribution in [-0.4, -0.2) is 40.0 Å². The number of piperidine rings is 1. The maximum atomic E-state index is 12.7. The van der Waals surface area contributed by atoms with E-state index in [1.54, 1.807) is 36.7 Å². The van der Waals surface area contributed by atoms with Gasteiger partial charge in [-0.15, -0.1) is 11.3 Å². The van der Waals surface area contributed by atoms with E-state index >= 15 is 0 Å². The van der Waals surface area contributed by atoms with Crippen molar-refractivity contribution in [3.8, 4) is 5.75 Å². The van der Waals surface area contributed by atoms with Crippen LogP contribution < -0.4 is 4.74 Å². The monoisotopic (exact) mass is 345 g/mol. The van der Waals surface area contributed by atoms with Crippen LogP contribution in [0.15, 0.2) is 24.5 Å². The van der Waals surface area contributed by atoms with Gasteiger partial charge in [0.2, 0.25) is 0 Å². The van der Waals surface area contributed by atoms with Crippen molar-refractivity contribution in [1.82, 2.24) is 14.9 Å². The Bertz CT molecular complexity index is 682. The number of aromatic nitrogens is 2. The van der Waals surface area contributed by atoms with Gasteiger partial charge in [0.05, 0.1) is 16.9 Å². The van der Waals surface area contributed by atoms with E-state index in [9.17, 15) is 4.79 Å². The van der Waals surface area contributed by atoms with Gasteiger partial charge in [-0.05, 0) is 45.7 Å². The van der Waals surface area contributed by atoms with Crippen LogP contribution in [0, 0.1) is 13.8 Å². The molecule has 24 heavy (non-hydrogen) atoms. The molecule has 5 nitrogen and oxygen atoms in total. The molecule has 3 rings (SSSR count). The molecule has 0 aliphatic carbocycles. The summed E-state index contributed by atoms with van der Waals surface area (Å²) in [4.78, 5) is 24.6. The van der Waals surface area contributed by atoms with E-state index < -0.39 is 6.10 Å². The van der Waals surface area contributed by atoms with E-state index in [0.29, 0.717) is 11.7 Å². The Balaban J connectivity index is 1.64. The van der Waals surface area contributed by atoms with Crippen molar-refractivity contribution in [2.45, 2.75) is 45.6 Å². The minimum atomic E-state index is -0.507. The summed E-state index contributed by atoms with van der Waals surface area (Å²) in [6, 6.07) is 3.62. The molecule has 0 unspecified atom stereocenters. The Kier molecular flexibility index (Phi) is 5.14. The predicted octanol–water partition coefficient (Wildman–Crippen LogP) is 3.33. The quantitative estimate of drug-likeness (QED) is 0.853. The number of nitrogens with zero attached hydrogens (tertiary/aromatic N) is 3. The highest BCUT2D eigenvalue weighted by atomic mass is 32.1. The van der Waals surface area contributed by atoms with Crippen LogP contribution >= 0.6 is 11.3 Å². The highest BCUT2D eigenvalue weighted by Gasteiger charge is 2.30. The number of carbonyl (C=O) groups is 1. The molecular weight excluding hydrogens is 322 g/mol. The van der Waals surface area contributed by atoms with Crippen molar-refractivity contribution in [3.63, 3.8) is 0 Å². The normalized spacial score (nSPS) is 19.1. The molecule has 0 aromatic carbocycles. The first-order valence-corrected chi connectivity index (χ1v) is 9.15. The summed E-state index contributed by atoms with van der Waals surface area (Å²) in [5, 5.41) is 1.16. The summed E-state index contributed by atoms with van der Waals surface area (Å²) in [5.41, 5.74) is 1.10. The van der Waals surface area contributed by atoms with E-state index in [1.165, 1.54) is 4.88 Å². The average Bonchev–Trinajstić information content (AvgIpc) is 2.94. The molecule has 1 aliphatic heterocycles. The van der Waals surface area contributed by atoms with Crippen LogP contribution in [0.3, 0.4) is 0 Å². The molecule has 2 aromatic heterocycles. The summed E-state index contributed by atoms with van der Waals surface area (Å²) >= 11 is 1.76. The van der Waals surface area contributed by atoms with Gasteiger partial charge >= 0.3 is 0 Å². The minimum absolute atomic E-state index is 0.0357. The molecule has 0 radical (unpaired) electrons. The second-order valence-corrected chi connectivity index (χ2v) is 7.50. The molecule has 3 heterocycles. The molecule has 1 amide bonds. The van der Waals surface area contributed by atoms with Gasteiger partial charge < -0.3 is 9.64 Å². The van der Waals surface area contributed by atoms with Crippen molar-refractivity contribution >= 4 is 17.2 Å². The van der Waals surface area contributed by atoms with Crippen LogP contribution in [0.2, 0.25) is 0 Å². The number of ether oxygens (including phenoxy) is 1. The van der Waals surface area contributed by atoms with Gasteiger partial charge in [-0.2, -0.15) is 0 Å². The fourth-order valence-corrected chi connectivity index (χ4v) is 4.03. The Morgan fingerprint density at radius 1 is 1.46 bits per heavy atom. The maximum absolute atomic E-state index is 12.7. The summed E-state index contributed by atoms with van der Waals surface area (Å²) in [5.74, 6) is 0.998. The molecule has 0 bridgehead atoms. The lowest BCUT2D eigenvalue weighted by Crippen LogP contribution is -2.45. The zero-order valence-corrected chi connectivity index (χ0v) is 15.2. The van der Waals surface area contributed by atoms with Crippen molar-refractivity contribution in [2.75, 3.05) is 13.1 Å². The Morgan fingerprint density at radius 3 is 2.96 bits per heavy atom. The standard InChI is InChI=1S/C18H23N3O2S/c1-12-14(3)24-17(20-12)15-6-5-9-21(11-15)18(22)13(2)23-16-7-4-8-19-10-16/h4,7-8,10,13,15H,5-6,9,11H2,1-3H3/t13-,15-/m0/s1. The topological polar surface area (TPSA) is 55.3 Å². The number of carbonyl (C=O) groups excluding carboxylic acids is 1. The fourth-order valence-electron chi connectivity index (χ4n) is 2.98. The zero-order valence-electron chi connectivity index (χ0n) is 14.4. The summed E-state index contributed by atoms with van der Waals surface area (Å²) < 4.78 is 5.73. The smallest absolute Gasteiger partial charge is 0.263 e. The number of aryl methyl sites for hydroxylation is 2. The van der Waals surface area contributed by atoms with Crippen molar-refractivity contribution in [1.29, 1.82) is 0 Å². The number of rotatable bonds is 4. The Hall–Kier alpha value is -1.95. The lowest BCUT2D eigenvalue weighted by atomic mass is 9.98. The summed E-state index contributed by atoms with van der Waals surface area (Å²) in [7, 11) is 0. The molecule has 0 spiro atoms. The first-order valence-electron chi connectivity index (χ1n) is 8.34. The van der Waals surface area contributed by atoms with Gasteiger partial charge in [-0.1, -0.05) is 0 Å². The third-order valence-corrected chi connectivity index (χ3v) is 5.66. The molecular formula is C18H23N3O2S. The average molecular weight is 345 g/mol. The molecule has 6 heteroatoms. The van der Waals surface area contributed by atoms with Gasteiger partial charge in [-0.3, -0.25) is 9.78 Å². The van der Waals surface area contributed by atoms with Crippen LogP contribution in [0.1, 0.15) is 41.3 Å². The first-order chi connectivity index (χ1) is 11.5. The van der Waals surface area contributed by atoms with E-state index in [4.69, 9.17) is 4.74 Å². The van der Waals surface area contributed by atoms with Gasteiger partial charge in [-0.25, -0.2) is 4.98 Å². The molecule has 2 atom stereocenters. The van der Waals surface area contributed by atoms with Gasteiger partial charge in [0.15, 0.2) is 6.10 Å². The molecule has 1 fully saturated rings. The van der Waals surface area contributed by atoms with Gasteiger partial charge in [0.25, 0.3) is 5.91 Å². The lowest BCUT2D eigenvalue weighted by Gasteiger charge is -2.33. The third kappa shape index (κ3) is 3.75. The molecule has 1 aliphatic rings. The number of pyridine rings is 1. The van der Waals surface area contributed by atoms with Crippen molar-refractivity contribution < 1.29 is 9.53 Å². The highest BCUT2D eigenvalue weighted by molar-refractivity contribution is 7.11. The first kappa shape index (κ1) is 16.9. The molecule has 1 saturated heterocycles. The molecule has 0 saturated carbocycles. The number of thiazole rings is 1.